The van der Waals surface area contributed by atoms with Gasteiger partial charge in [-0.05, 0) is 43.4 Å². The first kappa shape index (κ1) is 23.4. The summed E-state index contributed by atoms with van der Waals surface area (Å²) in [7, 11) is 1.51. The van der Waals surface area contributed by atoms with E-state index < -0.39 is 17.6 Å². The topological polar surface area (TPSA) is 103 Å². The summed E-state index contributed by atoms with van der Waals surface area (Å²) in [5.74, 6) is -0.675. The normalized spacial score (nSPS) is 21.2. The van der Waals surface area contributed by atoms with Gasteiger partial charge in [-0.2, -0.15) is 11.8 Å². The van der Waals surface area contributed by atoms with E-state index in [2.05, 4.69) is 0 Å². The highest BCUT2D eigenvalue weighted by molar-refractivity contribution is 7.98. The standard InChI is InChI=1S/C24H27NO7S/c1-30-15-7-8-16-14(11-21(26)32-20(16)12-15)13-31-24(29)19(9-10-33-2)25-22(27)17-5-3-4-6-18(17)23(25)28/h7-8,11-12,17-19H,3-6,9-10,13H2,1-2H3/t17-,18-,19-/m0/s1. The van der Waals surface area contributed by atoms with E-state index in [-0.39, 0.29) is 30.3 Å². The van der Waals surface area contributed by atoms with Crippen molar-refractivity contribution in [1.82, 2.24) is 4.90 Å². The Labute approximate surface area is 195 Å². The number of amides is 2. The van der Waals surface area contributed by atoms with Crippen LogP contribution in [0.3, 0.4) is 0 Å². The van der Waals surface area contributed by atoms with Crippen molar-refractivity contribution < 1.29 is 28.3 Å². The maximum Gasteiger partial charge on any atom is 0.336 e. The number of rotatable bonds is 8. The molecule has 1 aromatic carbocycles. The summed E-state index contributed by atoms with van der Waals surface area (Å²) in [6.45, 7) is -0.174. The first-order valence-electron chi connectivity index (χ1n) is 11.1. The molecular weight excluding hydrogens is 446 g/mol. The molecule has 0 unspecified atom stereocenters. The lowest BCUT2D eigenvalue weighted by atomic mass is 9.81. The van der Waals surface area contributed by atoms with Crippen LogP contribution in [0.25, 0.3) is 11.0 Å². The maximum absolute atomic E-state index is 13.1. The molecule has 0 bridgehead atoms. The first-order valence-corrected chi connectivity index (χ1v) is 12.5. The zero-order valence-electron chi connectivity index (χ0n) is 18.7. The lowest BCUT2D eigenvalue weighted by Crippen LogP contribution is -2.46. The third kappa shape index (κ3) is 4.64. The molecule has 1 aromatic heterocycles. The molecule has 8 nitrogen and oxygen atoms in total. The molecule has 1 aliphatic carbocycles. The molecule has 0 spiro atoms. The molecule has 2 aliphatic rings. The molecule has 1 saturated carbocycles. The highest BCUT2D eigenvalue weighted by Crippen LogP contribution is 2.39. The van der Waals surface area contributed by atoms with E-state index in [4.69, 9.17) is 13.9 Å². The van der Waals surface area contributed by atoms with Gasteiger partial charge in [0.2, 0.25) is 11.8 Å². The highest BCUT2D eigenvalue weighted by atomic mass is 32.2. The summed E-state index contributed by atoms with van der Waals surface area (Å²) in [5.41, 5.74) is 0.226. The largest absolute Gasteiger partial charge is 0.497 e. The van der Waals surface area contributed by atoms with Crippen LogP contribution in [-0.4, -0.2) is 47.8 Å². The second-order valence-electron chi connectivity index (χ2n) is 8.40. The zero-order valence-corrected chi connectivity index (χ0v) is 19.5. The van der Waals surface area contributed by atoms with Crippen molar-refractivity contribution in [2.45, 2.75) is 44.8 Å². The van der Waals surface area contributed by atoms with Gasteiger partial charge in [-0.25, -0.2) is 9.59 Å². The van der Waals surface area contributed by atoms with Gasteiger partial charge in [-0.3, -0.25) is 14.5 Å². The second-order valence-corrected chi connectivity index (χ2v) is 9.39. The summed E-state index contributed by atoms with van der Waals surface area (Å²) in [6.07, 6.45) is 5.44. The Balaban J connectivity index is 1.56. The van der Waals surface area contributed by atoms with Gasteiger partial charge in [0, 0.05) is 23.1 Å². The number of nitrogens with zero attached hydrogens (tertiary/aromatic N) is 1. The number of carbonyl (C=O) groups is 3. The van der Waals surface area contributed by atoms with Crippen molar-refractivity contribution in [3.05, 3.63) is 40.2 Å². The molecular formula is C24H27NO7S. The van der Waals surface area contributed by atoms with Gasteiger partial charge >= 0.3 is 11.6 Å². The molecule has 1 aliphatic heterocycles. The monoisotopic (exact) mass is 473 g/mol. The Bertz CT molecular complexity index is 1100. The molecule has 2 fully saturated rings. The van der Waals surface area contributed by atoms with Gasteiger partial charge in [-0.1, -0.05) is 12.8 Å². The van der Waals surface area contributed by atoms with Crippen LogP contribution in [0.1, 0.15) is 37.7 Å². The minimum Gasteiger partial charge on any atom is -0.497 e. The third-order valence-corrected chi connectivity index (χ3v) is 7.11. The lowest BCUT2D eigenvalue weighted by molar-refractivity contribution is -0.159. The smallest absolute Gasteiger partial charge is 0.336 e. The second kappa shape index (κ2) is 9.99. The van der Waals surface area contributed by atoms with Crippen molar-refractivity contribution in [3.8, 4) is 5.75 Å². The van der Waals surface area contributed by atoms with Crippen LogP contribution >= 0.6 is 11.8 Å². The number of esters is 1. The minimum absolute atomic E-state index is 0.174. The number of hydrogen-bond donors (Lipinski definition) is 0. The van der Waals surface area contributed by atoms with Crippen molar-refractivity contribution >= 4 is 40.5 Å². The van der Waals surface area contributed by atoms with Gasteiger partial charge in [0.1, 0.15) is 24.0 Å². The third-order valence-electron chi connectivity index (χ3n) is 6.46. The molecule has 3 atom stereocenters. The molecule has 33 heavy (non-hydrogen) atoms. The van der Waals surface area contributed by atoms with Crippen molar-refractivity contribution in [1.29, 1.82) is 0 Å². The van der Waals surface area contributed by atoms with Crippen molar-refractivity contribution in [2.24, 2.45) is 11.8 Å². The molecule has 2 aromatic rings. The van der Waals surface area contributed by atoms with Crippen LogP contribution in [0.4, 0.5) is 0 Å². The number of hydrogen-bond acceptors (Lipinski definition) is 8. The number of thioether (sulfide) groups is 1. The molecule has 176 valence electrons. The van der Waals surface area contributed by atoms with E-state index in [1.54, 1.807) is 18.2 Å². The van der Waals surface area contributed by atoms with Gasteiger partial charge in [0.05, 0.1) is 18.9 Å². The van der Waals surface area contributed by atoms with Crippen LogP contribution < -0.4 is 10.4 Å². The Hall–Kier alpha value is -2.81. The predicted molar refractivity (Wildman–Crippen MR) is 123 cm³/mol. The van der Waals surface area contributed by atoms with Crippen LogP contribution in [-0.2, 0) is 25.7 Å². The molecule has 1 saturated heterocycles. The molecule has 4 rings (SSSR count). The molecule has 2 heterocycles. The van der Waals surface area contributed by atoms with Crippen LogP contribution in [0.2, 0.25) is 0 Å². The summed E-state index contributed by atoms with van der Waals surface area (Å²) >= 11 is 1.53. The van der Waals surface area contributed by atoms with E-state index in [1.165, 1.54) is 24.9 Å². The highest BCUT2D eigenvalue weighted by Gasteiger charge is 2.52. The average molecular weight is 474 g/mol. The summed E-state index contributed by atoms with van der Waals surface area (Å²) in [5, 5.41) is 0.614. The van der Waals surface area contributed by atoms with Gasteiger partial charge < -0.3 is 13.9 Å². The van der Waals surface area contributed by atoms with E-state index in [0.717, 1.165) is 17.7 Å². The minimum atomic E-state index is -0.963. The van der Waals surface area contributed by atoms with Crippen molar-refractivity contribution in [3.63, 3.8) is 0 Å². The number of ether oxygens (including phenoxy) is 2. The van der Waals surface area contributed by atoms with Crippen LogP contribution in [0, 0.1) is 11.8 Å². The Morgan fingerprint density at radius 1 is 1.15 bits per heavy atom. The fourth-order valence-corrected chi connectivity index (χ4v) is 5.24. The Kier molecular flexibility index (Phi) is 7.07. The summed E-state index contributed by atoms with van der Waals surface area (Å²) in [6, 6.07) is 5.35. The molecule has 2 amide bonds. The van der Waals surface area contributed by atoms with E-state index in [9.17, 15) is 19.2 Å². The predicted octanol–water partition coefficient (Wildman–Crippen LogP) is 3.14. The van der Waals surface area contributed by atoms with E-state index in [0.29, 0.717) is 47.3 Å². The fraction of sp³-hybridized carbons (Fsp3) is 0.500. The summed E-state index contributed by atoms with van der Waals surface area (Å²) < 4.78 is 16.0. The number of methoxy groups -OCH3 is 1. The maximum atomic E-state index is 13.1. The number of fused-ring (bicyclic) bond motifs is 2. The Morgan fingerprint density at radius 2 is 1.85 bits per heavy atom. The van der Waals surface area contributed by atoms with E-state index in [1.807, 2.05) is 6.26 Å². The Morgan fingerprint density at radius 3 is 2.48 bits per heavy atom. The number of likely N-dealkylation sites (tertiary alicyclic amines) is 1. The SMILES string of the molecule is COc1ccc2c(COC(=O)[C@H](CCSC)N3C(=O)[C@H]4CCCC[C@@H]4C3=O)cc(=O)oc2c1. The van der Waals surface area contributed by atoms with Crippen LogP contribution in [0.5, 0.6) is 5.75 Å². The average Bonchev–Trinajstić information content (AvgIpc) is 3.07. The van der Waals surface area contributed by atoms with Gasteiger partial charge in [-0.15, -0.1) is 0 Å². The number of carbonyl (C=O) groups excluding carboxylic acids is 3. The number of imide groups is 1. The first-order chi connectivity index (χ1) is 15.9. The summed E-state index contributed by atoms with van der Waals surface area (Å²) in [4.78, 5) is 52.4. The molecule has 9 heteroatoms. The van der Waals surface area contributed by atoms with Crippen LogP contribution in [0.15, 0.2) is 33.5 Å². The molecule has 0 N–H and O–H groups in total. The quantitative estimate of drug-likeness (QED) is 0.327. The molecule has 0 radical (unpaired) electrons. The zero-order chi connectivity index (χ0) is 23.5. The van der Waals surface area contributed by atoms with Crippen molar-refractivity contribution in [2.75, 3.05) is 19.1 Å². The van der Waals surface area contributed by atoms with E-state index >= 15 is 0 Å². The van der Waals surface area contributed by atoms with Gasteiger partial charge in [0.25, 0.3) is 0 Å². The number of benzene rings is 1. The van der Waals surface area contributed by atoms with Gasteiger partial charge in [0.15, 0.2) is 0 Å². The lowest BCUT2D eigenvalue weighted by Gasteiger charge is -2.25. The fourth-order valence-electron chi connectivity index (χ4n) is 4.78.